The van der Waals surface area contributed by atoms with Crippen molar-refractivity contribution in [2.24, 2.45) is 0 Å². The molecule has 0 aliphatic carbocycles. The van der Waals surface area contributed by atoms with Gasteiger partial charge in [0.05, 0.1) is 0 Å². The van der Waals surface area contributed by atoms with Gasteiger partial charge in [0.1, 0.15) is 13.2 Å². The maximum Gasteiger partial charge on any atom is 0.197 e. The fraction of sp³-hybridized carbons (Fsp3) is 0.333. The molecule has 1 heterocycles. The van der Waals surface area contributed by atoms with Gasteiger partial charge in [0.2, 0.25) is 0 Å². The van der Waals surface area contributed by atoms with Gasteiger partial charge in [-0.3, -0.25) is 0 Å². The van der Waals surface area contributed by atoms with Crippen LogP contribution in [0.15, 0.2) is 12.1 Å². The normalized spacial score (nSPS) is 14.5. The highest BCUT2D eigenvalue weighted by molar-refractivity contribution is 5.47. The minimum Gasteiger partial charge on any atom is -0.486 e. The minimum atomic E-state index is -0.352. The van der Waals surface area contributed by atoms with Crippen molar-refractivity contribution < 1.29 is 13.9 Å². The topological polar surface area (TPSA) is 18.5 Å². The Morgan fingerprint density at radius 2 is 1.83 bits per heavy atom. The van der Waals surface area contributed by atoms with E-state index in [1.54, 1.807) is 6.07 Å². The highest BCUT2D eigenvalue weighted by atomic mass is 19.1. The van der Waals surface area contributed by atoms with Crippen molar-refractivity contribution in [3.8, 4) is 11.5 Å². The molecule has 1 aliphatic heterocycles. The van der Waals surface area contributed by atoms with E-state index in [-0.39, 0.29) is 11.6 Å². The van der Waals surface area contributed by atoms with Gasteiger partial charge in [-0.15, -0.1) is 0 Å². The van der Waals surface area contributed by atoms with Crippen LogP contribution in [-0.4, -0.2) is 13.2 Å². The van der Waals surface area contributed by atoms with Crippen LogP contribution in [0.1, 0.15) is 5.56 Å². The second kappa shape index (κ2) is 2.66. The monoisotopic (exact) mass is 168 g/mol. The number of hydrogen-bond donors (Lipinski definition) is 0. The van der Waals surface area contributed by atoms with Crippen molar-refractivity contribution in [3.63, 3.8) is 0 Å². The molecule has 0 atom stereocenters. The lowest BCUT2D eigenvalue weighted by Gasteiger charge is -2.20. The third-order valence-electron chi connectivity index (χ3n) is 1.84. The van der Waals surface area contributed by atoms with Crippen LogP contribution in [0.25, 0.3) is 0 Å². The summed E-state index contributed by atoms with van der Waals surface area (Å²) in [6.07, 6.45) is 0. The van der Waals surface area contributed by atoms with Crippen LogP contribution >= 0.6 is 0 Å². The molecule has 0 bridgehead atoms. The van der Waals surface area contributed by atoms with Crippen molar-refractivity contribution in [2.45, 2.75) is 6.92 Å². The summed E-state index contributed by atoms with van der Waals surface area (Å²) < 4.78 is 23.5. The number of fused-ring (bicyclic) bond motifs is 1. The smallest absolute Gasteiger partial charge is 0.197 e. The molecule has 0 fully saturated rings. The van der Waals surface area contributed by atoms with Gasteiger partial charge in [0.25, 0.3) is 0 Å². The molecule has 0 spiro atoms. The van der Waals surface area contributed by atoms with Gasteiger partial charge in [0.15, 0.2) is 17.3 Å². The molecule has 0 amide bonds. The summed E-state index contributed by atoms with van der Waals surface area (Å²) in [5.74, 6) is 0.442. The summed E-state index contributed by atoms with van der Waals surface area (Å²) in [5, 5.41) is 0. The standard InChI is InChI=1S/C9H9FO2/c1-6-2-3-7(10)9-8(6)11-4-5-12-9/h2-3H,4-5H2,1H3. The average Bonchev–Trinajstić information content (AvgIpc) is 2.12. The van der Waals surface area contributed by atoms with Crippen LogP contribution in [0, 0.1) is 12.7 Å². The molecule has 12 heavy (non-hydrogen) atoms. The Balaban J connectivity index is 2.57. The van der Waals surface area contributed by atoms with Gasteiger partial charge >= 0.3 is 0 Å². The second-order valence-electron chi connectivity index (χ2n) is 2.72. The van der Waals surface area contributed by atoms with E-state index in [0.717, 1.165) is 5.56 Å². The number of halogens is 1. The Bertz CT molecular complexity index is 279. The average molecular weight is 168 g/mol. The summed E-state index contributed by atoms with van der Waals surface area (Å²) in [4.78, 5) is 0. The molecule has 0 unspecified atom stereocenters. The van der Waals surface area contributed by atoms with E-state index in [9.17, 15) is 4.39 Å². The molecule has 0 N–H and O–H groups in total. The van der Waals surface area contributed by atoms with E-state index in [2.05, 4.69) is 0 Å². The van der Waals surface area contributed by atoms with E-state index in [1.807, 2.05) is 6.92 Å². The number of rotatable bonds is 0. The Hall–Kier alpha value is -1.25. The summed E-state index contributed by atoms with van der Waals surface area (Å²) >= 11 is 0. The molecule has 2 rings (SSSR count). The van der Waals surface area contributed by atoms with Gasteiger partial charge in [-0.25, -0.2) is 4.39 Å². The number of hydrogen-bond acceptors (Lipinski definition) is 2. The Labute approximate surface area is 69.9 Å². The quantitative estimate of drug-likeness (QED) is 0.589. The molecule has 0 radical (unpaired) electrons. The number of ether oxygens (including phenoxy) is 2. The fourth-order valence-electron chi connectivity index (χ4n) is 1.24. The molecular weight excluding hydrogens is 159 g/mol. The Morgan fingerprint density at radius 3 is 2.50 bits per heavy atom. The first kappa shape index (κ1) is 7.40. The number of benzene rings is 1. The molecule has 3 heteroatoms. The zero-order valence-electron chi connectivity index (χ0n) is 6.76. The maximum absolute atomic E-state index is 13.0. The predicted octanol–water partition coefficient (Wildman–Crippen LogP) is 1.91. The highest BCUT2D eigenvalue weighted by Crippen LogP contribution is 2.35. The molecule has 1 aliphatic rings. The van der Waals surface area contributed by atoms with Crippen LogP contribution in [0.5, 0.6) is 11.5 Å². The van der Waals surface area contributed by atoms with E-state index in [0.29, 0.717) is 19.0 Å². The van der Waals surface area contributed by atoms with Crippen LogP contribution in [0.4, 0.5) is 4.39 Å². The van der Waals surface area contributed by atoms with Crippen LogP contribution in [0.2, 0.25) is 0 Å². The van der Waals surface area contributed by atoms with E-state index in [4.69, 9.17) is 9.47 Å². The summed E-state index contributed by atoms with van der Waals surface area (Å²) in [6.45, 7) is 2.79. The Kier molecular flexibility index (Phi) is 1.64. The molecule has 0 saturated carbocycles. The zero-order valence-corrected chi connectivity index (χ0v) is 6.76. The van der Waals surface area contributed by atoms with Crippen LogP contribution in [0.3, 0.4) is 0 Å². The first-order valence-corrected chi connectivity index (χ1v) is 3.84. The summed E-state index contributed by atoms with van der Waals surface area (Å²) in [5.41, 5.74) is 0.908. The van der Waals surface area contributed by atoms with Crippen molar-refractivity contribution in [1.29, 1.82) is 0 Å². The van der Waals surface area contributed by atoms with Gasteiger partial charge in [-0.1, -0.05) is 6.07 Å². The Morgan fingerprint density at radius 1 is 1.17 bits per heavy atom. The lowest BCUT2D eigenvalue weighted by molar-refractivity contribution is 0.163. The molecule has 2 nitrogen and oxygen atoms in total. The lowest BCUT2D eigenvalue weighted by Crippen LogP contribution is -2.17. The molecule has 64 valence electrons. The molecule has 0 aromatic heterocycles. The predicted molar refractivity (Wildman–Crippen MR) is 42.1 cm³/mol. The first-order chi connectivity index (χ1) is 5.79. The summed E-state index contributed by atoms with van der Waals surface area (Å²) in [6, 6.07) is 3.08. The zero-order chi connectivity index (χ0) is 8.55. The SMILES string of the molecule is Cc1ccc(F)c2c1OCCO2. The largest absolute Gasteiger partial charge is 0.486 e. The van der Waals surface area contributed by atoms with Crippen LogP contribution in [-0.2, 0) is 0 Å². The van der Waals surface area contributed by atoms with E-state index < -0.39 is 0 Å². The fourth-order valence-corrected chi connectivity index (χ4v) is 1.24. The number of aryl methyl sites for hydroxylation is 1. The van der Waals surface area contributed by atoms with Crippen molar-refractivity contribution in [2.75, 3.05) is 13.2 Å². The second-order valence-corrected chi connectivity index (χ2v) is 2.72. The third kappa shape index (κ3) is 1.02. The van der Waals surface area contributed by atoms with Gasteiger partial charge in [0, 0.05) is 0 Å². The van der Waals surface area contributed by atoms with Crippen molar-refractivity contribution >= 4 is 0 Å². The molecule has 1 aromatic rings. The third-order valence-corrected chi connectivity index (χ3v) is 1.84. The maximum atomic E-state index is 13.0. The lowest BCUT2D eigenvalue weighted by atomic mass is 10.2. The van der Waals surface area contributed by atoms with Crippen molar-refractivity contribution in [1.82, 2.24) is 0 Å². The molecule has 0 saturated heterocycles. The van der Waals surface area contributed by atoms with Gasteiger partial charge in [-0.05, 0) is 18.6 Å². The molecule has 1 aromatic carbocycles. The molecular formula is C9H9FO2. The minimum absolute atomic E-state index is 0.251. The van der Waals surface area contributed by atoms with Gasteiger partial charge < -0.3 is 9.47 Å². The first-order valence-electron chi connectivity index (χ1n) is 3.84. The highest BCUT2D eigenvalue weighted by Gasteiger charge is 2.17. The van der Waals surface area contributed by atoms with Gasteiger partial charge in [-0.2, -0.15) is 0 Å². The summed E-state index contributed by atoms with van der Waals surface area (Å²) in [7, 11) is 0. The van der Waals surface area contributed by atoms with E-state index in [1.165, 1.54) is 6.07 Å². The van der Waals surface area contributed by atoms with E-state index >= 15 is 0 Å². The van der Waals surface area contributed by atoms with Crippen molar-refractivity contribution in [3.05, 3.63) is 23.5 Å². The van der Waals surface area contributed by atoms with Crippen LogP contribution < -0.4 is 9.47 Å².